The fraction of sp³-hybridized carbons (Fsp3) is 0.533. The molecule has 2 heteroatoms. The largest absolute Gasteiger partial charge is 0.299 e. The molecule has 0 bridgehead atoms. The van der Waals surface area contributed by atoms with Gasteiger partial charge in [0.2, 0.25) is 0 Å². The van der Waals surface area contributed by atoms with Crippen LogP contribution in [-0.4, -0.2) is 5.78 Å². The molecule has 0 aliphatic carbocycles. The summed E-state index contributed by atoms with van der Waals surface area (Å²) in [6.07, 6.45) is 1.49. The zero-order valence-corrected chi connectivity index (χ0v) is 11.8. The van der Waals surface area contributed by atoms with Crippen LogP contribution < -0.4 is 0 Å². The summed E-state index contributed by atoms with van der Waals surface area (Å²) < 4.78 is 0. The molecule has 1 nitrogen and oxygen atoms in total. The van der Waals surface area contributed by atoms with E-state index in [9.17, 15) is 4.79 Å². The molecule has 0 aliphatic heterocycles. The van der Waals surface area contributed by atoms with E-state index in [4.69, 9.17) is 11.6 Å². The van der Waals surface area contributed by atoms with E-state index in [1.165, 1.54) is 5.56 Å². The van der Waals surface area contributed by atoms with Crippen LogP contribution in [0.25, 0.3) is 0 Å². The normalized spacial score (nSPS) is 11.2. The summed E-state index contributed by atoms with van der Waals surface area (Å²) in [5.74, 6) is 0.951. The maximum Gasteiger partial charge on any atom is 0.139 e. The molecule has 0 saturated heterocycles. The van der Waals surface area contributed by atoms with Crippen LogP contribution in [0.1, 0.15) is 38.8 Å². The van der Waals surface area contributed by atoms with Crippen LogP contribution in [0.3, 0.4) is 0 Å². The molecule has 0 spiro atoms. The summed E-state index contributed by atoms with van der Waals surface area (Å²) in [4.78, 5) is 11.7. The first-order valence-corrected chi connectivity index (χ1v) is 6.57. The first kappa shape index (κ1) is 14.2. The number of Topliss-reactive ketones (excluding diaryl/α,β-unsaturated/α-hetero) is 1. The monoisotopic (exact) mass is 252 g/mol. The summed E-state index contributed by atoms with van der Waals surface area (Å²) in [5.41, 5.74) is 2.26. The molecule has 0 radical (unpaired) electrons. The number of hydrogen-bond acceptors (Lipinski definition) is 1. The van der Waals surface area contributed by atoms with Crippen LogP contribution in [-0.2, 0) is 17.6 Å². The van der Waals surface area contributed by atoms with Crippen molar-refractivity contribution in [2.75, 3.05) is 0 Å². The summed E-state index contributed by atoms with van der Waals surface area (Å²) in [7, 11) is 0. The molecule has 0 unspecified atom stereocenters. The van der Waals surface area contributed by atoms with Crippen molar-refractivity contribution in [2.24, 2.45) is 11.8 Å². The standard InChI is InChI=1S/C15H21ClO/c1-10(2)5-12-6-13(8-14(16)7-12)9-15(17)11(3)4/h6-8,10-11H,5,9H2,1-4H3. The van der Waals surface area contributed by atoms with Gasteiger partial charge in [0.05, 0.1) is 0 Å². The summed E-state index contributed by atoms with van der Waals surface area (Å²) in [6.45, 7) is 8.23. The molecule has 94 valence electrons. The lowest BCUT2D eigenvalue weighted by Crippen LogP contribution is -2.10. The molecule has 0 heterocycles. The smallest absolute Gasteiger partial charge is 0.139 e. The van der Waals surface area contributed by atoms with Gasteiger partial charge in [-0.2, -0.15) is 0 Å². The van der Waals surface area contributed by atoms with Gasteiger partial charge in [0, 0.05) is 17.4 Å². The van der Waals surface area contributed by atoms with Gasteiger partial charge in [-0.1, -0.05) is 45.4 Å². The first-order chi connectivity index (χ1) is 7.88. The van der Waals surface area contributed by atoms with Crippen molar-refractivity contribution in [3.05, 3.63) is 34.3 Å². The Morgan fingerprint density at radius 1 is 1.12 bits per heavy atom. The third-order valence-electron chi connectivity index (χ3n) is 2.68. The van der Waals surface area contributed by atoms with Crippen LogP contribution in [0.5, 0.6) is 0 Å². The molecule has 0 atom stereocenters. The van der Waals surface area contributed by atoms with Crippen molar-refractivity contribution >= 4 is 17.4 Å². The lowest BCUT2D eigenvalue weighted by molar-refractivity contribution is -0.121. The van der Waals surface area contributed by atoms with E-state index in [1.54, 1.807) is 0 Å². The van der Waals surface area contributed by atoms with Crippen molar-refractivity contribution < 1.29 is 4.79 Å². The Balaban J connectivity index is 2.85. The first-order valence-electron chi connectivity index (χ1n) is 6.19. The van der Waals surface area contributed by atoms with E-state index < -0.39 is 0 Å². The van der Waals surface area contributed by atoms with E-state index in [0.717, 1.165) is 17.0 Å². The number of carbonyl (C=O) groups excluding carboxylic acids is 1. The molecule has 0 aliphatic rings. The molecular weight excluding hydrogens is 232 g/mol. The summed E-state index contributed by atoms with van der Waals surface area (Å²) in [6, 6.07) is 5.99. The van der Waals surface area contributed by atoms with E-state index in [-0.39, 0.29) is 11.7 Å². The lowest BCUT2D eigenvalue weighted by atomic mass is 9.96. The maximum atomic E-state index is 11.7. The highest BCUT2D eigenvalue weighted by molar-refractivity contribution is 6.30. The average Bonchev–Trinajstić information content (AvgIpc) is 2.14. The predicted octanol–water partition coefficient (Wildman–Crippen LogP) is 4.31. The molecule has 0 fully saturated rings. The number of ketones is 1. The Labute approximate surface area is 109 Å². The highest BCUT2D eigenvalue weighted by atomic mass is 35.5. The molecule has 1 aromatic rings. The second-order valence-corrected chi connectivity index (χ2v) is 5.80. The minimum absolute atomic E-state index is 0.0857. The van der Waals surface area contributed by atoms with Gasteiger partial charge in [0.15, 0.2) is 0 Å². The Kier molecular flexibility index (Phi) is 5.20. The van der Waals surface area contributed by atoms with Gasteiger partial charge in [-0.25, -0.2) is 0 Å². The van der Waals surface area contributed by atoms with Crippen molar-refractivity contribution in [3.63, 3.8) is 0 Å². The zero-order valence-electron chi connectivity index (χ0n) is 11.1. The van der Waals surface area contributed by atoms with Crippen molar-refractivity contribution in [2.45, 2.75) is 40.5 Å². The topological polar surface area (TPSA) is 17.1 Å². The van der Waals surface area contributed by atoms with Crippen LogP contribution >= 0.6 is 11.6 Å². The second-order valence-electron chi connectivity index (χ2n) is 5.36. The fourth-order valence-electron chi connectivity index (χ4n) is 1.81. The van der Waals surface area contributed by atoms with Crippen molar-refractivity contribution in [1.29, 1.82) is 0 Å². The molecule has 17 heavy (non-hydrogen) atoms. The molecule has 0 N–H and O–H groups in total. The number of hydrogen-bond donors (Lipinski definition) is 0. The minimum Gasteiger partial charge on any atom is -0.299 e. The molecule has 0 saturated carbocycles. The number of carbonyl (C=O) groups is 1. The van der Waals surface area contributed by atoms with E-state index in [2.05, 4.69) is 19.9 Å². The minimum atomic E-state index is 0.0857. The summed E-state index contributed by atoms with van der Waals surface area (Å²) >= 11 is 6.09. The van der Waals surface area contributed by atoms with E-state index in [1.807, 2.05) is 26.0 Å². The zero-order chi connectivity index (χ0) is 13.0. The van der Waals surface area contributed by atoms with Crippen LogP contribution in [0.15, 0.2) is 18.2 Å². The quantitative estimate of drug-likeness (QED) is 0.763. The van der Waals surface area contributed by atoms with Crippen LogP contribution in [0.4, 0.5) is 0 Å². The van der Waals surface area contributed by atoms with Gasteiger partial charge < -0.3 is 0 Å². The molecular formula is C15H21ClO. The van der Waals surface area contributed by atoms with Gasteiger partial charge in [0.1, 0.15) is 5.78 Å². The van der Waals surface area contributed by atoms with Gasteiger partial charge in [-0.15, -0.1) is 0 Å². The Bertz CT molecular complexity index is 394. The highest BCUT2D eigenvalue weighted by Gasteiger charge is 2.10. The molecule has 1 aromatic carbocycles. The molecule has 0 aromatic heterocycles. The Hall–Kier alpha value is -0.820. The second kappa shape index (κ2) is 6.20. The van der Waals surface area contributed by atoms with Crippen LogP contribution in [0.2, 0.25) is 5.02 Å². The van der Waals surface area contributed by atoms with E-state index >= 15 is 0 Å². The van der Waals surface area contributed by atoms with Gasteiger partial charge in [-0.05, 0) is 35.6 Å². The molecule has 0 amide bonds. The summed E-state index contributed by atoms with van der Waals surface area (Å²) in [5, 5.41) is 0.731. The van der Waals surface area contributed by atoms with Crippen molar-refractivity contribution in [1.82, 2.24) is 0 Å². The highest BCUT2D eigenvalue weighted by Crippen LogP contribution is 2.19. The third kappa shape index (κ3) is 4.91. The predicted molar refractivity (Wildman–Crippen MR) is 73.5 cm³/mol. The Morgan fingerprint density at radius 3 is 2.24 bits per heavy atom. The Morgan fingerprint density at radius 2 is 1.71 bits per heavy atom. The van der Waals surface area contributed by atoms with Gasteiger partial charge in [-0.3, -0.25) is 4.79 Å². The third-order valence-corrected chi connectivity index (χ3v) is 2.90. The SMILES string of the molecule is CC(C)Cc1cc(Cl)cc(CC(=O)C(C)C)c1. The van der Waals surface area contributed by atoms with Crippen molar-refractivity contribution in [3.8, 4) is 0 Å². The lowest BCUT2D eigenvalue weighted by Gasteiger charge is -2.09. The number of rotatable bonds is 5. The number of benzene rings is 1. The molecule has 1 rings (SSSR count). The van der Waals surface area contributed by atoms with Crippen LogP contribution in [0, 0.1) is 11.8 Å². The number of halogens is 1. The maximum absolute atomic E-state index is 11.7. The van der Waals surface area contributed by atoms with Gasteiger partial charge >= 0.3 is 0 Å². The fourth-order valence-corrected chi connectivity index (χ4v) is 2.09. The van der Waals surface area contributed by atoms with E-state index in [0.29, 0.717) is 12.3 Å². The average molecular weight is 253 g/mol. The van der Waals surface area contributed by atoms with Gasteiger partial charge in [0.25, 0.3) is 0 Å².